The number of nitrogens with one attached hydrogen (secondary N) is 1. The number of carbonyl (C=O) groups is 2. The highest BCUT2D eigenvalue weighted by atomic mass is 32.2. The highest BCUT2D eigenvalue weighted by Gasteiger charge is 2.40. The third-order valence-electron chi connectivity index (χ3n) is 5.34. The summed E-state index contributed by atoms with van der Waals surface area (Å²) in [5, 5.41) is 2.53. The van der Waals surface area contributed by atoms with Gasteiger partial charge in [-0.15, -0.1) is 0 Å². The minimum Gasteiger partial charge on any atom is -0.355 e. The van der Waals surface area contributed by atoms with Crippen LogP contribution in [0.1, 0.15) is 43.2 Å². The molecule has 0 spiro atoms. The molecule has 1 fully saturated rings. The lowest BCUT2D eigenvalue weighted by Gasteiger charge is -2.39. The van der Waals surface area contributed by atoms with Gasteiger partial charge in [-0.2, -0.15) is 0 Å². The van der Waals surface area contributed by atoms with Crippen molar-refractivity contribution in [3.8, 4) is 0 Å². The Morgan fingerprint density at radius 3 is 2.23 bits per heavy atom. The molecule has 1 heterocycles. The van der Waals surface area contributed by atoms with E-state index in [1.165, 1.54) is 10.5 Å². The van der Waals surface area contributed by atoms with E-state index in [1.54, 1.807) is 0 Å². The van der Waals surface area contributed by atoms with Gasteiger partial charge in [0.1, 0.15) is 11.9 Å². The Balaban J connectivity index is 1.29. The molecule has 2 atom stereocenters. The molecule has 160 valence electrons. The maximum atomic E-state index is 12.6. The second-order valence-corrected chi connectivity index (χ2v) is 9.29. The fourth-order valence-corrected chi connectivity index (χ4v) is 5.09. The minimum absolute atomic E-state index is 0.00195. The van der Waals surface area contributed by atoms with Gasteiger partial charge in [-0.3, -0.25) is 13.8 Å². The summed E-state index contributed by atoms with van der Waals surface area (Å²) in [6.07, 6.45) is 5.63. The average molecular weight is 427 g/mol. The molecule has 2 aromatic rings. The third-order valence-corrected chi connectivity index (χ3v) is 6.99. The van der Waals surface area contributed by atoms with Gasteiger partial charge in [0.2, 0.25) is 11.8 Å². The smallest absolute Gasteiger partial charge is 0.239 e. The van der Waals surface area contributed by atoms with Crippen LogP contribution in [-0.4, -0.2) is 39.4 Å². The first-order valence-electron chi connectivity index (χ1n) is 10.6. The van der Waals surface area contributed by atoms with Gasteiger partial charge < -0.3 is 10.2 Å². The Morgan fingerprint density at radius 2 is 1.57 bits per heavy atom. The zero-order valence-corrected chi connectivity index (χ0v) is 18.1. The van der Waals surface area contributed by atoms with Crippen LogP contribution >= 0.6 is 0 Å². The van der Waals surface area contributed by atoms with Crippen LogP contribution in [0.4, 0.5) is 0 Å². The summed E-state index contributed by atoms with van der Waals surface area (Å²) in [6.45, 7) is 0.613. The van der Waals surface area contributed by atoms with Crippen molar-refractivity contribution in [1.82, 2.24) is 10.2 Å². The second-order valence-electron chi connectivity index (χ2n) is 7.69. The molecule has 1 unspecified atom stereocenters. The molecule has 0 radical (unpaired) electrons. The van der Waals surface area contributed by atoms with E-state index >= 15 is 0 Å². The van der Waals surface area contributed by atoms with Crippen LogP contribution in [-0.2, 0) is 32.6 Å². The van der Waals surface area contributed by atoms with Crippen LogP contribution in [0.15, 0.2) is 60.7 Å². The molecule has 30 heavy (non-hydrogen) atoms. The number of nitrogens with zero attached hydrogens (tertiary/aromatic N) is 1. The molecule has 1 N–H and O–H groups in total. The van der Waals surface area contributed by atoms with Crippen LogP contribution in [0.2, 0.25) is 0 Å². The molecule has 5 nitrogen and oxygen atoms in total. The Labute approximate surface area is 181 Å². The van der Waals surface area contributed by atoms with E-state index in [0.29, 0.717) is 12.3 Å². The lowest BCUT2D eigenvalue weighted by atomic mass is 10.1. The van der Waals surface area contributed by atoms with Crippen molar-refractivity contribution in [3.05, 3.63) is 71.8 Å². The molecular formula is C24H30N2O3S. The van der Waals surface area contributed by atoms with Crippen molar-refractivity contribution < 1.29 is 13.8 Å². The number of β-lactam (4-membered cyclic amide) rings is 1. The van der Waals surface area contributed by atoms with Gasteiger partial charge in [-0.05, 0) is 30.4 Å². The van der Waals surface area contributed by atoms with E-state index in [9.17, 15) is 13.8 Å². The highest BCUT2D eigenvalue weighted by molar-refractivity contribution is 7.85. The number of hydrogen-bond donors (Lipinski definition) is 1. The van der Waals surface area contributed by atoms with Crippen LogP contribution in [0.3, 0.4) is 0 Å². The molecule has 1 saturated heterocycles. The predicted octanol–water partition coefficient (Wildman–Crippen LogP) is 3.41. The summed E-state index contributed by atoms with van der Waals surface area (Å²) in [7, 11) is -1.20. The number of likely N-dealkylation sites (tertiary alicyclic amines) is 1. The average Bonchev–Trinajstić information content (AvgIpc) is 2.76. The van der Waals surface area contributed by atoms with Crippen LogP contribution in [0, 0.1) is 0 Å². The van der Waals surface area contributed by atoms with Crippen molar-refractivity contribution in [2.24, 2.45) is 0 Å². The third kappa shape index (κ3) is 6.80. The van der Waals surface area contributed by atoms with Crippen molar-refractivity contribution in [3.63, 3.8) is 0 Å². The van der Waals surface area contributed by atoms with E-state index in [-0.39, 0.29) is 30.2 Å². The number of benzene rings is 2. The molecule has 1 aliphatic heterocycles. The van der Waals surface area contributed by atoms with Crippen LogP contribution < -0.4 is 5.32 Å². The molecule has 0 saturated carbocycles. The molecule has 0 bridgehead atoms. The second kappa shape index (κ2) is 11.6. The summed E-state index contributed by atoms with van der Waals surface area (Å²) in [5.74, 6) is 0.131. The van der Waals surface area contributed by atoms with Gasteiger partial charge in [-0.1, -0.05) is 73.5 Å². The zero-order valence-electron chi connectivity index (χ0n) is 17.3. The summed E-state index contributed by atoms with van der Waals surface area (Å²) < 4.78 is 12.6. The topological polar surface area (TPSA) is 66.5 Å². The maximum absolute atomic E-state index is 12.6. The van der Waals surface area contributed by atoms with E-state index in [0.717, 1.165) is 37.7 Å². The number of unbranched alkanes of at least 4 members (excludes halogenated alkanes) is 3. The first-order valence-corrected chi connectivity index (χ1v) is 12.0. The Morgan fingerprint density at radius 1 is 0.933 bits per heavy atom. The first-order chi connectivity index (χ1) is 14.6. The maximum Gasteiger partial charge on any atom is 0.239 e. The van der Waals surface area contributed by atoms with Crippen molar-refractivity contribution in [2.75, 3.05) is 13.1 Å². The fraction of sp³-hybridized carbons (Fsp3) is 0.417. The predicted molar refractivity (Wildman–Crippen MR) is 120 cm³/mol. The Kier molecular flexibility index (Phi) is 8.63. The van der Waals surface area contributed by atoms with Gasteiger partial charge in [0.25, 0.3) is 0 Å². The Hall–Kier alpha value is -2.47. The molecule has 3 rings (SSSR count). The Bertz CT molecular complexity index is 842. The van der Waals surface area contributed by atoms with Gasteiger partial charge in [0.15, 0.2) is 0 Å². The lowest BCUT2D eigenvalue weighted by Crippen LogP contribution is -2.57. The standard InChI is InChI=1S/C24H30N2O3S/c27-22(25-16-10-2-1-5-11-20-12-6-3-7-13-20)18-26-23(28)17-24(26)30(29)19-21-14-8-4-9-15-21/h3-4,6-9,12-15,24H,1-2,5,10-11,16-19H2,(H,25,27)/t24-,30?/m1/s1. The lowest BCUT2D eigenvalue weighted by molar-refractivity contribution is -0.145. The fourth-order valence-electron chi connectivity index (χ4n) is 3.58. The van der Waals surface area contributed by atoms with Gasteiger partial charge in [0.05, 0.1) is 12.2 Å². The largest absolute Gasteiger partial charge is 0.355 e. The van der Waals surface area contributed by atoms with Gasteiger partial charge >= 0.3 is 0 Å². The summed E-state index contributed by atoms with van der Waals surface area (Å²) >= 11 is 0. The molecule has 2 aromatic carbocycles. The number of rotatable bonds is 12. The quantitative estimate of drug-likeness (QED) is 0.418. The number of aryl methyl sites for hydroxylation is 1. The van der Waals surface area contributed by atoms with E-state index in [1.807, 2.05) is 36.4 Å². The van der Waals surface area contributed by atoms with Crippen molar-refractivity contribution in [2.45, 2.75) is 49.7 Å². The molecule has 2 amide bonds. The monoisotopic (exact) mass is 426 g/mol. The molecular weight excluding hydrogens is 396 g/mol. The van der Waals surface area contributed by atoms with E-state index in [2.05, 4.69) is 29.6 Å². The number of amides is 2. The first kappa shape index (κ1) is 22.2. The van der Waals surface area contributed by atoms with E-state index < -0.39 is 10.8 Å². The molecule has 6 heteroatoms. The summed E-state index contributed by atoms with van der Waals surface area (Å²) in [5.41, 5.74) is 2.34. The molecule has 1 aliphatic rings. The van der Waals surface area contributed by atoms with Gasteiger partial charge in [0, 0.05) is 17.3 Å². The van der Waals surface area contributed by atoms with Crippen molar-refractivity contribution in [1.29, 1.82) is 0 Å². The van der Waals surface area contributed by atoms with Crippen LogP contribution in [0.5, 0.6) is 0 Å². The molecule has 0 aromatic heterocycles. The van der Waals surface area contributed by atoms with Gasteiger partial charge in [-0.25, -0.2) is 0 Å². The number of hydrogen-bond acceptors (Lipinski definition) is 3. The summed E-state index contributed by atoms with van der Waals surface area (Å²) in [6, 6.07) is 20.0. The minimum atomic E-state index is -1.20. The molecule has 0 aliphatic carbocycles. The summed E-state index contributed by atoms with van der Waals surface area (Å²) in [4.78, 5) is 25.6. The SMILES string of the molecule is O=C(CN1C(=O)C[C@H]1S(=O)Cc1ccccc1)NCCCCCCc1ccccc1. The number of carbonyl (C=O) groups excluding carboxylic acids is 2. The highest BCUT2D eigenvalue weighted by Crippen LogP contribution is 2.24. The van der Waals surface area contributed by atoms with Crippen molar-refractivity contribution >= 4 is 22.6 Å². The van der Waals surface area contributed by atoms with Crippen LogP contribution in [0.25, 0.3) is 0 Å². The normalized spacial score (nSPS) is 16.7. The van der Waals surface area contributed by atoms with E-state index in [4.69, 9.17) is 0 Å². The zero-order chi connectivity index (χ0) is 21.2.